The summed E-state index contributed by atoms with van der Waals surface area (Å²) in [7, 11) is 0. The molecule has 21 heavy (non-hydrogen) atoms. The SMILES string of the molecule is Cc1nc2cc(NC(=O)C3CCC(C(=O)O)O3)ccc2o1. The summed E-state index contributed by atoms with van der Waals surface area (Å²) in [6.45, 7) is 1.75. The Hall–Kier alpha value is -2.41. The molecule has 1 aromatic carbocycles. The predicted octanol–water partition coefficient (Wildman–Crippen LogP) is 1.71. The van der Waals surface area contributed by atoms with Crippen molar-refractivity contribution in [1.29, 1.82) is 0 Å². The van der Waals surface area contributed by atoms with Gasteiger partial charge in [-0.05, 0) is 31.0 Å². The van der Waals surface area contributed by atoms with Crippen LogP contribution >= 0.6 is 0 Å². The van der Waals surface area contributed by atoms with Crippen LogP contribution < -0.4 is 5.32 Å². The number of aryl methyl sites for hydroxylation is 1. The highest BCUT2D eigenvalue weighted by Crippen LogP contribution is 2.23. The van der Waals surface area contributed by atoms with E-state index in [-0.39, 0.29) is 5.91 Å². The van der Waals surface area contributed by atoms with Gasteiger partial charge in [0.05, 0.1) is 0 Å². The van der Waals surface area contributed by atoms with Gasteiger partial charge in [-0.15, -0.1) is 0 Å². The molecule has 2 atom stereocenters. The lowest BCUT2D eigenvalue weighted by atomic mass is 10.2. The molecule has 1 aliphatic heterocycles. The summed E-state index contributed by atoms with van der Waals surface area (Å²) in [5, 5.41) is 11.6. The van der Waals surface area contributed by atoms with Gasteiger partial charge in [-0.3, -0.25) is 4.79 Å². The van der Waals surface area contributed by atoms with Gasteiger partial charge in [0.15, 0.2) is 17.6 Å². The van der Waals surface area contributed by atoms with Crippen molar-refractivity contribution < 1.29 is 23.8 Å². The number of aliphatic carboxylic acids is 1. The number of oxazole rings is 1. The van der Waals surface area contributed by atoms with E-state index in [1.54, 1.807) is 25.1 Å². The molecule has 0 bridgehead atoms. The zero-order valence-electron chi connectivity index (χ0n) is 11.3. The Balaban J connectivity index is 1.70. The Morgan fingerprint density at radius 3 is 2.81 bits per heavy atom. The standard InChI is InChI=1S/C14H14N2O5/c1-7-15-9-6-8(2-3-10(9)20-7)16-13(17)11-4-5-12(21-11)14(18)19/h2-3,6,11-12H,4-5H2,1H3,(H,16,17)(H,18,19). The molecule has 3 rings (SSSR count). The average Bonchev–Trinajstić information content (AvgIpc) is 3.03. The molecule has 1 amide bonds. The quantitative estimate of drug-likeness (QED) is 0.892. The number of carbonyl (C=O) groups excluding carboxylic acids is 1. The lowest BCUT2D eigenvalue weighted by molar-refractivity contribution is -0.150. The number of hydrogen-bond acceptors (Lipinski definition) is 5. The van der Waals surface area contributed by atoms with Crippen molar-refractivity contribution in [2.75, 3.05) is 5.32 Å². The molecule has 2 N–H and O–H groups in total. The number of carboxylic acid groups (broad SMARTS) is 1. The van der Waals surface area contributed by atoms with Crippen molar-refractivity contribution >= 4 is 28.7 Å². The molecule has 1 aliphatic rings. The lowest BCUT2D eigenvalue weighted by Gasteiger charge is -2.11. The van der Waals surface area contributed by atoms with Gasteiger partial charge in [-0.2, -0.15) is 0 Å². The van der Waals surface area contributed by atoms with Gasteiger partial charge < -0.3 is 19.6 Å². The van der Waals surface area contributed by atoms with Crippen molar-refractivity contribution in [1.82, 2.24) is 4.98 Å². The fourth-order valence-electron chi connectivity index (χ4n) is 2.35. The van der Waals surface area contributed by atoms with Crippen LogP contribution in [0.2, 0.25) is 0 Å². The first-order valence-electron chi connectivity index (χ1n) is 6.59. The highest BCUT2D eigenvalue weighted by Gasteiger charge is 2.34. The average molecular weight is 290 g/mol. The molecule has 2 aromatic rings. The second-order valence-electron chi connectivity index (χ2n) is 4.93. The molecule has 110 valence electrons. The van der Waals surface area contributed by atoms with Crippen LogP contribution in [-0.4, -0.2) is 34.2 Å². The van der Waals surface area contributed by atoms with Gasteiger partial charge in [-0.25, -0.2) is 9.78 Å². The minimum absolute atomic E-state index is 0.342. The van der Waals surface area contributed by atoms with Crippen molar-refractivity contribution in [2.45, 2.75) is 32.0 Å². The van der Waals surface area contributed by atoms with E-state index in [1.165, 1.54) is 0 Å². The van der Waals surface area contributed by atoms with Crippen LogP contribution in [0.1, 0.15) is 18.7 Å². The van der Waals surface area contributed by atoms with Crippen LogP contribution in [0, 0.1) is 6.92 Å². The number of ether oxygens (including phenoxy) is 1. The monoisotopic (exact) mass is 290 g/mol. The molecule has 2 unspecified atom stereocenters. The lowest BCUT2D eigenvalue weighted by Crippen LogP contribution is -2.29. The first kappa shape index (κ1) is 13.6. The number of aromatic nitrogens is 1. The van der Waals surface area contributed by atoms with Gasteiger partial charge in [0.25, 0.3) is 5.91 Å². The molecule has 2 heterocycles. The van der Waals surface area contributed by atoms with Crippen molar-refractivity contribution in [3.63, 3.8) is 0 Å². The number of benzene rings is 1. The summed E-state index contributed by atoms with van der Waals surface area (Å²) in [5.74, 6) is -0.833. The zero-order valence-corrected chi connectivity index (χ0v) is 11.3. The number of fused-ring (bicyclic) bond motifs is 1. The third kappa shape index (κ3) is 2.73. The van der Waals surface area contributed by atoms with E-state index in [0.717, 1.165) is 0 Å². The Morgan fingerprint density at radius 1 is 1.33 bits per heavy atom. The molecule has 0 spiro atoms. The number of anilines is 1. The van der Waals surface area contributed by atoms with Crippen molar-refractivity contribution in [3.05, 3.63) is 24.1 Å². The van der Waals surface area contributed by atoms with Gasteiger partial charge in [0.2, 0.25) is 0 Å². The Kier molecular flexibility index (Phi) is 3.34. The number of nitrogens with zero attached hydrogens (tertiary/aromatic N) is 1. The maximum Gasteiger partial charge on any atom is 0.332 e. The number of carbonyl (C=O) groups is 2. The topological polar surface area (TPSA) is 102 Å². The van der Waals surface area contributed by atoms with Gasteiger partial charge in [0, 0.05) is 12.6 Å². The fraction of sp³-hybridized carbons (Fsp3) is 0.357. The summed E-state index contributed by atoms with van der Waals surface area (Å²) in [6.07, 6.45) is -0.898. The second-order valence-corrected chi connectivity index (χ2v) is 4.93. The first-order valence-corrected chi connectivity index (χ1v) is 6.59. The van der Waals surface area contributed by atoms with E-state index in [4.69, 9.17) is 14.3 Å². The summed E-state index contributed by atoms with van der Waals surface area (Å²) < 4.78 is 10.6. The molecule has 7 nitrogen and oxygen atoms in total. The van der Waals surface area contributed by atoms with Crippen LogP contribution in [0.15, 0.2) is 22.6 Å². The van der Waals surface area contributed by atoms with Crippen molar-refractivity contribution in [2.24, 2.45) is 0 Å². The fourth-order valence-corrected chi connectivity index (χ4v) is 2.35. The molecule has 1 aromatic heterocycles. The molecular weight excluding hydrogens is 276 g/mol. The molecule has 7 heteroatoms. The molecule has 0 saturated carbocycles. The number of hydrogen-bond donors (Lipinski definition) is 2. The van der Waals surface area contributed by atoms with E-state index < -0.39 is 18.2 Å². The number of rotatable bonds is 3. The molecule has 1 fully saturated rings. The summed E-state index contributed by atoms with van der Waals surface area (Å²) in [4.78, 5) is 27.0. The molecular formula is C14H14N2O5. The van der Waals surface area contributed by atoms with E-state index >= 15 is 0 Å². The summed E-state index contributed by atoms with van der Waals surface area (Å²) >= 11 is 0. The zero-order chi connectivity index (χ0) is 15.0. The smallest absolute Gasteiger partial charge is 0.332 e. The van der Waals surface area contributed by atoms with Crippen LogP contribution in [0.3, 0.4) is 0 Å². The normalized spacial score (nSPS) is 21.6. The van der Waals surface area contributed by atoms with E-state index in [2.05, 4.69) is 10.3 Å². The third-order valence-corrected chi connectivity index (χ3v) is 3.35. The van der Waals surface area contributed by atoms with Gasteiger partial charge in [-0.1, -0.05) is 0 Å². The number of nitrogens with one attached hydrogen (secondary N) is 1. The molecule has 1 saturated heterocycles. The van der Waals surface area contributed by atoms with Crippen molar-refractivity contribution in [3.8, 4) is 0 Å². The minimum atomic E-state index is -1.04. The van der Waals surface area contributed by atoms with Crippen LogP contribution in [0.25, 0.3) is 11.1 Å². The highest BCUT2D eigenvalue weighted by molar-refractivity contribution is 5.96. The molecule has 0 radical (unpaired) electrons. The van der Waals surface area contributed by atoms with Gasteiger partial charge >= 0.3 is 5.97 Å². The van der Waals surface area contributed by atoms with E-state index in [1.807, 2.05) is 0 Å². The maximum atomic E-state index is 12.1. The predicted molar refractivity (Wildman–Crippen MR) is 72.9 cm³/mol. The third-order valence-electron chi connectivity index (χ3n) is 3.35. The number of amides is 1. The Bertz CT molecular complexity index is 708. The largest absolute Gasteiger partial charge is 0.479 e. The van der Waals surface area contributed by atoms with E-state index in [0.29, 0.717) is 35.5 Å². The second kappa shape index (κ2) is 5.17. The van der Waals surface area contributed by atoms with Gasteiger partial charge in [0.1, 0.15) is 11.6 Å². The first-order chi connectivity index (χ1) is 10.0. The minimum Gasteiger partial charge on any atom is -0.479 e. The number of carboxylic acids is 1. The maximum absolute atomic E-state index is 12.1. The van der Waals surface area contributed by atoms with Crippen LogP contribution in [0.5, 0.6) is 0 Å². The Labute approximate surface area is 119 Å². The summed E-state index contributed by atoms with van der Waals surface area (Å²) in [5.41, 5.74) is 1.87. The van der Waals surface area contributed by atoms with Crippen LogP contribution in [0.4, 0.5) is 5.69 Å². The molecule has 0 aliphatic carbocycles. The van der Waals surface area contributed by atoms with E-state index in [9.17, 15) is 9.59 Å². The summed E-state index contributed by atoms with van der Waals surface area (Å²) in [6, 6.07) is 5.13. The van der Waals surface area contributed by atoms with Crippen LogP contribution in [-0.2, 0) is 14.3 Å². The highest BCUT2D eigenvalue weighted by atomic mass is 16.5. The Morgan fingerprint density at radius 2 is 2.10 bits per heavy atom.